The second-order valence-corrected chi connectivity index (χ2v) is 8.72. The molecule has 1 rings (SSSR count). The molecular weight excluding hydrogens is 408 g/mol. The molecule has 0 fully saturated rings. The van der Waals surface area contributed by atoms with Gasteiger partial charge < -0.3 is 25.5 Å². The smallest absolute Gasteiger partial charge is 0.339 e. The minimum Gasteiger partial charge on any atom is -0.507 e. The lowest BCUT2D eigenvalue weighted by molar-refractivity contribution is -0.0509. The molecule has 168 valence electrons. The maximum Gasteiger partial charge on any atom is 0.339 e. The molecule has 0 unspecified atom stereocenters. The van der Waals surface area contributed by atoms with E-state index >= 15 is 0 Å². The standard InChI is InChI=1S/C23H33ClO6/c1-13(7-6-8-14(2)10-12-17(25)23(4,5)30)9-11-16-20(26)18(22(28)29)15(3)19(24)21(16)27/h8-9,17,25-27,30H,6-7,10-12H2,1-5H3,(H,28,29)/b13-9+,14-8+/t17-/m0/s1. The van der Waals surface area contributed by atoms with Gasteiger partial charge in [0.1, 0.15) is 17.1 Å². The van der Waals surface area contributed by atoms with Crippen LogP contribution in [0.15, 0.2) is 23.3 Å². The molecule has 0 amide bonds. The van der Waals surface area contributed by atoms with E-state index in [0.717, 1.165) is 24.0 Å². The Balaban J connectivity index is 2.76. The first-order chi connectivity index (χ1) is 13.8. The van der Waals surface area contributed by atoms with E-state index < -0.39 is 23.4 Å². The SMILES string of the molecule is C/C(=C\Cc1c(O)c(Cl)c(C)c(C(=O)O)c1O)CC/C=C(\C)CC[C@H](O)C(C)(C)O. The molecule has 1 atom stereocenters. The van der Waals surface area contributed by atoms with Gasteiger partial charge in [0.05, 0.1) is 16.7 Å². The third kappa shape index (κ3) is 7.04. The molecule has 1 aromatic carbocycles. The summed E-state index contributed by atoms with van der Waals surface area (Å²) >= 11 is 6.03. The third-order valence-electron chi connectivity index (χ3n) is 5.25. The Morgan fingerprint density at radius 2 is 1.67 bits per heavy atom. The van der Waals surface area contributed by atoms with Gasteiger partial charge in [-0.25, -0.2) is 4.79 Å². The Morgan fingerprint density at radius 3 is 2.20 bits per heavy atom. The number of phenolic OH excluding ortho intramolecular Hbond substituents is 1. The fourth-order valence-electron chi connectivity index (χ4n) is 3.06. The van der Waals surface area contributed by atoms with Crippen LogP contribution >= 0.6 is 11.6 Å². The summed E-state index contributed by atoms with van der Waals surface area (Å²) in [4.78, 5) is 11.4. The molecule has 0 aromatic heterocycles. The average Bonchev–Trinajstić information content (AvgIpc) is 2.63. The summed E-state index contributed by atoms with van der Waals surface area (Å²) in [6.07, 6.45) is 5.99. The highest BCUT2D eigenvalue weighted by molar-refractivity contribution is 6.33. The van der Waals surface area contributed by atoms with Gasteiger partial charge in [-0.1, -0.05) is 34.9 Å². The number of rotatable bonds is 10. The summed E-state index contributed by atoms with van der Waals surface area (Å²) in [5.41, 5.74) is 0.941. The van der Waals surface area contributed by atoms with Crippen molar-refractivity contribution in [1.29, 1.82) is 0 Å². The topological polar surface area (TPSA) is 118 Å². The van der Waals surface area contributed by atoms with Crippen LogP contribution < -0.4 is 0 Å². The molecule has 0 saturated carbocycles. The first-order valence-electron chi connectivity index (χ1n) is 9.95. The van der Waals surface area contributed by atoms with Crippen LogP contribution in [0.25, 0.3) is 0 Å². The van der Waals surface area contributed by atoms with Crippen molar-refractivity contribution in [3.05, 3.63) is 45.0 Å². The number of aromatic hydroxyl groups is 2. The molecule has 0 spiro atoms. The van der Waals surface area contributed by atoms with E-state index in [1.54, 1.807) is 13.8 Å². The van der Waals surface area contributed by atoms with Crippen molar-refractivity contribution < 1.29 is 30.3 Å². The number of hydrogen-bond donors (Lipinski definition) is 5. The van der Waals surface area contributed by atoms with Crippen molar-refractivity contribution >= 4 is 17.6 Å². The second kappa shape index (κ2) is 10.8. The van der Waals surface area contributed by atoms with Gasteiger partial charge >= 0.3 is 5.97 Å². The highest BCUT2D eigenvalue weighted by Gasteiger charge is 2.24. The number of carboxylic acids is 1. The normalized spacial score (nSPS) is 14.1. The number of aliphatic hydroxyl groups excluding tert-OH is 1. The molecule has 0 aliphatic carbocycles. The van der Waals surface area contributed by atoms with E-state index in [2.05, 4.69) is 6.08 Å². The zero-order valence-corrected chi connectivity index (χ0v) is 19.0. The van der Waals surface area contributed by atoms with E-state index in [1.165, 1.54) is 6.92 Å². The molecule has 30 heavy (non-hydrogen) atoms. The van der Waals surface area contributed by atoms with Crippen molar-refractivity contribution in [3.8, 4) is 11.5 Å². The quantitative estimate of drug-likeness (QED) is 0.331. The van der Waals surface area contributed by atoms with Gasteiger partial charge in [-0.3, -0.25) is 0 Å². The Hall–Kier alpha value is -2.02. The van der Waals surface area contributed by atoms with Crippen LogP contribution in [0.4, 0.5) is 0 Å². The van der Waals surface area contributed by atoms with E-state index in [1.807, 2.05) is 19.9 Å². The molecule has 7 heteroatoms. The largest absolute Gasteiger partial charge is 0.507 e. The third-order valence-corrected chi connectivity index (χ3v) is 5.71. The van der Waals surface area contributed by atoms with E-state index in [9.17, 15) is 30.3 Å². The number of phenols is 2. The zero-order chi connectivity index (χ0) is 23.2. The molecular formula is C23H33ClO6. The highest BCUT2D eigenvalue weighted by atomic mass is 35.5. The minimum absolute atomic E-state index is 0.0712. The lowest BCUT2D eigenvalue weighted by atomic mass is 9.95. The summed E-state index contributed by atoms with van der Waals surface area (Å²) < 4.78 is 0. The number of aromatic carboxylic acids is 1. The van der Waals surface area contributed by atoms with Gasteiger partial charge in [-0.2, -0.15) is 0 Å². The van der Waals surface area contributed by atoms with Crippen LogP contribution in [0.2, 0.25) is 5.02 Å². The number of carbonyl (C=O) groups is 1. The highest BCUT2D eigenvalue weighted by Crippen LogP contribution is 2.41. The predicted octanol–water partition coefficient (Wildman–Crippen LogP) is 4.89. The lowest BCUT2D eigenvalue weighted by Crippen LogP contribution is -2.35. The first kappa shape index (κ1) is 26.0. The van der Waals surface area contributed by atoms with Gasteiger partial charge in [-0.15, -0.1) is 0 Å². The monoisotopic (exact) mass is 440 g/mol. The molecule has 1 aromatic rings. The van der Waals surface area contributed by atoms with Gasteiger partial charge in [0.15, 0.2) is 0 Å². The molecule has 0 bridgehead atoms. The van der Waals surface area contributed by atoms with Gasteiger partial charge in [0.2, 0.25) is 0 Å². The molecule has 0 saturated heterocycles. The van der Waals surface area contributed by atoms with Crippen molar-refractivity contribution in [2.45, 2.75) is 78.4 Å². The molecule has 5 N–H and O–H groups in total. The summed E-state index contributed by atoms with van der Waals surface area (Å²) in [5.74, 6) is -2.07. The molecule has 0 aliphatic heterocycles. The Bertz CT molecular complexity index is 833. The van der Waals surface area contributed by atoms with Crippen LogP contribution in [-0.4, -0.2) is 43.2 Å². The summed E-state index contributed by atoms with van der Waals surface area (Å²) in [5, 5.41) is 49.4. The maximum atomic E-state index is 11.4. The number of aliphatic hydroxyl groups is 2. The Morgan fingerprint density at radius 1 is 1.10 bits per heavy atom. The lowest BCUT2D eigenvalue weighted by Gasteiger charge is -2.24. The fourth-order valence-corrected chi connectivity index (χ4v) is 3.27. The Kier molecular flexibility index (Phi) is 9.40. The van der Waals surface area contributed by atoms with Gasteiger partial charge in [-0.05, 0) is 72.3 Å². The van der Waals surface area contributed by atoms with Crippen LogP contribution in [0.1, 0.15) is 74.9 Å². The Labute approximate surface area is 183 Å². The van der Waals surface area contributed by atoms with E-state index in [4.69, 9.17) is 11.6 Å². The fraction of sp³-hybridized carbons (Fsp3) is 0.522. The van der Waals surface area contributed by atoms with Crippen LogP contribution in [0.3, 0.4) is 0 Å². The number of allylic oxidation sites excluding steroid dienone is 4. The molecule has 0 radical (unpaired) electrons. The number of carboxylic acid groups (broad SMARTS) is 1. The second-order valence-electron chi connectivity index (χ2n) is 8.35. The number of halogens is 1. The van der Waals surface area contributed by atoms with Gasteiger partial charge in [0.25, 0.3) is 0 Å². The van der Waals surface area contributed by atoms with Crippen molar-refractivity contribution in [2.75, 3.05) is 0 Å². The van der Waals surface area contributed by atoms with E-state index in [0.29, 0.717) is 12.8 Å². The summed E-state index contributed by atoms with van der Waals surface area (Å²) in [7, 11) is 0. The van der Waals surface area contributed by atoms with E-state index in [-0.39, 0.29) is 33.9 Å². The zero-order valence-electron chi connectivity index (χ0n) is 18.3. The average molecular weight is 441 g/mol. The van der Waals surface area contributed by atoms with Gasteiger partial charge in [0, 0.05) is 5.56 Å². The summed E-state index contributed by atoms with van der Waals surface area (Å²) in [6.45, 7) is 8.50. The van der Waals surface area contributed by atoms with Crippen LogP contribution in [-0.2, 0) is 6.42 Å². The van der Waals surface area contributed by atoms with Crippen LogP contribution in [0, 0.1) is 6.92 Å². The van der Waals surface area contributed by atoms with Crippen molar-refractivity contribution in [1.82, 2.24) is 0 Å². The molecule has 0 aliphatic rings. The predicted molar refractivity (Wildman–Crippen MR) is 118 cm³/mol. The number of benzene rings is 1. The minimum atomic E-state index is -1.30. The number of hydrogen-bond acceptors (Lipinski definition) is 5. The molecule has 0 heterocycles. The van der Waals surface area contributed by atoms with Crippen LogP contribution in [0.5, 0.6) is 11.5 Å². The maximum absolute atomic E-state index is 11.4. The summed E-state index contributed by atoms with van der Waals surface area (Å²) in [6, 6.07) is 0. The first-order valence-corrected chi connectivity index (χ1v) is 10.3. The van der Waals surface area contributed by atoms with Crippen molar-refractivity contribution in [2.24, 2.45) is 0 Å². The van der Waals surface area contributed by atoms with Crippen molar-refractivity contribution in [3.63, 3.8) is 0 Å². The molecule has 6 nitrogen and oxygen atoms in total.